The Hall–Kier alpha value is -2.51. The number of rotatable bonds is 6. The Morgan fingerprint density at radius 3 is 2.22 bits per heavy atom. The van der Waals surface area contributed by atoms with Crippen LogP contribution in [0.5, 0.6) is 0 Å². The molecule has 0 fully saturated rings. The number of carboxylic acids is 1. The summed E-state index contributed by atoms with van der Waals surface area (Å²) >= 11 is 1.35. The number of amides is 2. The van der Waals surface area contributed by atoms with Gasteiger partial charge in [-0.05, 0) is 90.1 Å². The maximum Gasteiger partial charge on any atom is 0.322 e. The maximum atomic E-state index is 12.8. The van der Waals surface area contributed by atoms with Gasteiger partial charge in [0, 0.05) is 23.2 Å². The Morgan fingerprint density at radius 1 is 1.06 bits per heavy atom. The van der Waals surface area contributed by atoms with Crippen LogP contribution in [0.25, 0.3) is 0 Å². The standard InChI is InChI=1S/C22H26N2O3S.C3H9N/c1-4-24(21(27)23-17-8-6-5-7-9-17)18-12-15-10-11-19(14-16(15)13-18)28-22(2,3)20(25)26;1-4(2)3/h5-11,14,18H,4,12-13H2,1-3H3,(H,23,27)(H,25,26);1-3H3. The van der Waals surface area contributed by atoms with E-state index in [9.17, 15) is 14.7 Å². The zero-order chi connectivity index (χ0) is 23.9. The average molecular weight is 458 g/mol. The van der Waals surface area contributed by atoms with Gasteiger partial charge in [-0.1, -0.05) is 24.3 Å². The van der Waals surface area contributed by atoms with Crippen LogP contribution in [-0.2, 0) is 17.6 Å². The molecule has 0 heterocycles. The van der Waals surface area contributed by atoms with Crippen LogP contribution in [0.15, 0.2) is 53.4 Å². The Balaban J connectivity index is 0.000000837. The molecule has 2 N–H and O–H groups in total. The van der Waals surface area contributed by atoms with Crippen molar-refractivity contribution in [2.45, 2.75) is 49.3 Å². The fourth-order valence-electron chi connectivity index (χ4n) is 3.48. The van der Waals surface area contributed by atoms with Gasteiger partial charge < -0.3 is 20.2 Å². The van der Waals surface area contributed by atoms with Crippen molar-refractivity contribution in [1.82, 2.24) is 9.80 Å². The first-order valence-electron chi connectivity index (χ1n) is 10.8. The molecule has 0 aliphatic heterocycles. The van der Waals surface area contributed by atoms with Crippen LogP contribution in [0.3, 0.4) is 0 Å². The first kappa shape index (κ1) is 25.7. The van der Waals surface area contributed by atoms with Crippen LogP contribution in [-0.4, -0.2) is 65.4 Å². The molecule has 1 unspecified atom stereocenters. The Kier molecular flexibility index (Phi) is 9.16. The molecule has 0 radical (unpaired) electrons. The molecule has 174 valence electrons. The lowest BCUT2D eigenvalue weighted by Gasteiger charge is -2.27. The van der Waals surface area contributed by atoms with Gasteiger partial charge in [0.25, 0.3) is 0 Å². The number of para-hydroxylation sites is 1. The highest BCUT2D eigenvalue weighted by atomic mass is 32.2. The van der Waals surface area contributed by atoms with E-state index < -0.39 is 10.7 Å². The van der Waals surface area contributed by atoms with Crippen molar-refractivity contribution < 1.29 is 14.7 Å². The Bertz CT molecular complexity index is 913. The minimum atomic E-state index is -0.878. The lowest BCUT2D eigenvalue weighted by atomic mass is 10.1. The van der Waals surface area contributed by atoms with Gasteiger partial charge >= 0.3 is 12.0 Å². The molecule has 2 aromatic rings. The minimum absolute atomic E-state index is 0.0897. The van der Waals surface area contributed by atoms with Crippen LogP contribution in [0.2, 0.25) is 0 Å². The number of benzene rings is 2. The molecule has 6 nitrogen and oxygen atoms in total. The summed E-state index contributed by atoms with van der Waals surface area (Å²) in [5.41, 5.74) is 3.21. The van der Waals surface area contributed by atoms with Gasteiger partial charge in [-0.25, -0.2) is 4.79 Å². The third kappa shape index (κ3) is 7.28. The summed E-state index contributed by atoms with van der Waals surface area (Å²) in [6.45, 7) is 6.04. The van der Waals surface area contributed by atoms with Gasteiger partial charge in [0.15, 0.2) is 0 Å². The largest absolute Gasteiger partial charge is 0.480 e. The number of urea groups is 1. The smallest absolute Gasteiger partial charge is 0.322 e. The fourth-order valence-corrected chi connectivity index (χ4v) is 4.49. The molecule has 0 bridgehead atoms. The van der Waals surface area contributed by atoms with E-state index in [2.05, 4.69) is 17.4 Å². The van der Waals surface area contributed by atoms with E-state index in [1.165, 1.54) is 22.9 Å². The second-order valence-corrected chi connectivity index (χ2v) is 10.5. The number of likely N-dealkylation sites (N-methyl/N-ethyl adjacent to an activating group) is 1. The van der Waals surface area contributed by atoms with E-state index in [0.29, 0.717) is 6.54 Å². The third-order valence-corrected chi connectivity index (χ3v) is 6.22. The number of hydrogen-bond acceptors (Lipinski definition) is 4. The zero-order valence-electron chi connectivity index (χ0n) is 19.9. The summed E-state index contributed by atoms with van der Waals surface area (Å²) in [6.07, 6.45) is 1.60. The lowest BCUT2D eigenvalue weighted by Crippen LogP contribution is -2.43. The number of nitrogens with zero attached hydrogens (tertiary/aromatic N) is 2. The van der Waals surface area contributed by atoms with E-state index in [0.717, 1.165) is 23.4 Å². The number of carbonyl (C=O) groups excluding carboxylic acids is 1. The summed E-state index contributed by atoms with van der Waals surface area (Å²) in [6, 6.07) is 15.6. The molecule has 0 aromatic heterocycles. The fraction of sp³-hybridized carbons (Fsp3) is 0.440. The summed E-state index contributed by atoms with van der Waals surface area (Å²) in [5, 5.41) is 12.3. The van der Waals surface area contributed by atoms with Gasteiger partial charge in [-0.2, -0.15) is 0 Å². The summed E-state index contributed by atoms with van der Waals surface area (Å²) in [5.74, 6) is -0.828. The molecular formula is C25H35N3O3S. The predicted molar refractivity (Wildman–Crippen MR) is 133 cm³/mol. The monoisotopic (exact) mass is 457 g/mol. The zero-order valence-corrected chi connectivity index (χ0v) is 20.7. The molecule has 7 heteroatoms. The predicted octanol–water partition coefficient (Wildman–Crippen LogP) is 4.84. The summed E-state index contributed by atoms with van der Waals surface area (Å²) in [7, 11) is 6.00. The molecule has 0 saturated carbocycles. The first-order valence-corrected chi connectivity index (χ1v) is 11.6. The van der Waals surface area contributed by atoms with Crippen molar-refractivity contribution in [1.29, 1.82) is 0 Å². The third-order valence-electron chi connectivity index (χ3n) is 5.04. The van der Waals surface area contributed by atoms with Crippen LogP contribution >= 0.6 is 11.8 Å². The van der Waals surface area contributed by atoms with Crippen LogP contribution in [0.1, 0.15) is 31.9 Å². The number of nitrogens with one attached hydrogen (secondary N) is 1. The van der Waals surface area contributed by atoms with Crippen molar-refractivity contribution in [2.75, 3.05) is 33.0 Å². The van der Waals surface area contributed by atoms with Gasteiger partial charge in [0.1, 0.15) is 4.75 Å². The van der Waals surface area contributed by atoms with Crippen molar-refractivity contribution >= 4 is 29.4 Å². The number of aliphatic carboxylic acids is 1. The average Bonchev–Trinajstić information content (AvgIpc) is 3.11. The molecule has 1 atom stereocenters. The number of hydrogen-bond donors (Lipinski definition) is 2. The van der Waals surface area contributed by atoms with E-state index in [4.69, 9.17) is 0 Å². The van der Waals surface area contributed by atoms with Crippen molar-refractivity contribution in [3.8, 4) is 0 Å². The topological polar surface area (TPSA) is 72.9 Å². The van der Waals surface area contributed by atoms with E-state index in [-0.39, 0.29) is 12.1 Å². The molecule has 32 heavy (non-hydrogen) atoms. The molecule has 2 amide bonds. The van der Waals surface area contributed by atoms with Crippen LogP contribution < -0.4 is 5.32 Å². The van der Waals surface area contributed by atoms with Crippen molar-refractivity contribution in [2.24, 2.45) is 0 Å². The molecule has 0 spiro atoms. The SMILES string of the molecule is CCN(C(=O)Nc1ccccc1)C1Cc2ccc(SC(C)(C)C(=O)O)cc2C1.CN(C)C. The highest BCUT2D eigenvalue weighted by molar-refractivity contribution is 8.01. The quantitative estimate of drug-likeness (QED) is 0.607. The summed E-state index contributed by atoms with van der Waals surface area (Å²) < 4.78 is -0.878. The lowest BCUT2D eigenvalue weighted by molar-refractivity contribution is -0.138. The van der Waals surface area contributed by atoms with E-state index >= 15 is 0 Å². The van der Waals surface area contributed by atoms with Gasteiger partial charge in [-0.15, -0.1) is 11.8 Å². The highest BCUT2D eigenvalue weighted by Crippen LogP contribution is 2.36. The number of carbonyl (C=O) groups is 2. The number of fused-ring (bicyclic) bond motifs is 1. The molecule has 3 rings (SSSR count). The highest BCUT2D eigenvalue weighted by Gasteiger charge is 2.31. The van der Waals surface area contributed by atoms with E-state index in [1.807, 2.05) is 74.3 Å². The van der Waals surface area contributed by atoms with Gasteiger partial charge in [0.2, 0.25) is 0 Å². The van der Waals surface area contributed by atoms with Crippen molar-refractivity contribution in [3.63, 3.8) is 0 Å². The Morgan fingerprint density at radius 2 is 1.66 bits per heavy atom. The van der Waals surface area contributed by atoms with Gasteiger partial charge in [0.05, 0.1) is 0 Å². The molecule has 2 aromatic carbocycles. The summed E-state index contributed by atoms with van der Waals surface area (Å²) in [4.78, 5) is 29.0. The second-order valence-electron chi connectivity index (χ2n) is 8.83. The van der Waals surface area contributed by atoms with Crippen LogP contribution in [0.4, 0.5) is 10.5 Å². The van der Waals surface area contributed by atoms with E-state index in [1.54, 1.807) is 13.8 Å². The maximum absolute atomic E-state index is 12.8. The van der Waals surface area contributed by atoms with Gasteiger partial charge in [-0.3, -0.25) is 4.79 Å². The Labute approximate surface area is 196 Å². The number of anilines is 1. The molecule has 1 aliphatic rings. The number of carboxylic acid groups (broad SMARTS) is 1. The second kappa shape index (κ2) is 11.4. The normalized spacial score (nSPS) is 14.9. The molecular weight excluding hydrogens is 422 g/mol. The molecule has 0 saturated heterocycles. The first-order chi connectivity index (χ1) is 15.0. The number of thioether (sulfide) groups is 1. The molecule has 1 aliphatic carbocycles. The van der Waals surface area contributed by atoms with Crippen molar-refractivity contribution in [3.05, 3.63) is 59.7 Å². The van der Waals surface area contributed by atoms with Crippen LogP contribution in [0, 0.1) is 0 Å². The minimum Gasteiger partial charge on any atom is -0.480 e.